The molecular weight excluding hydrogens is 302 g/mol. The summed E-state index contributed by atoms with van der Waals surface area (Å²) in [5, 5.41) is 9.86. The number of nitrogens with zero attached hydrogens (tertiary/aromatic N) is 2. The lowest BCUT2D eigenvalue weighted by Gasteiger charge is -2.08. The third-order valence-electron chi connectivity index (χ3n) is 3.14. The Bertz CT molecular complexity index is 758. The Morgan fingerprint density at radius 1 is 1.19 bits per heavy atom. The van der Waals surface area contributed by atoms with E-state index in [1.165, 1.54) is 0 Å². The van der Waals surface area contributed by atoms with Gasteiger partial charge in [0.15, 0.2) is 0 Å². The summed E-state index contributed by atoms with van der Waals surface area (Å²) in [6, 6.07) is 17.6. The van der Waals surface area contributed by atoms with Gasteiger partial charge in [-0.25, -0.2) is 4.98 Å². The summed E-state index contributed by atoms with van der Waals surface area (Å²) in [6.07, 6.45) is 0.690. The van der Waals surface area contributed by atoms with Gasteiger partial charge in [0.05, 0.1) is 27.9 Å². The van der Waals surface area contributed by atoms with Crippen LogP contribution in [-0.4, -0.2) is 4.98 Å². The average molecular weight is 316 g/mol. The predicted molar refractivity (Wildman–Crippen MR) is 88.7 cm³/mol. The SMILES string of the molecule is Cl.N#Cc1cccc(CC(N)c2nc3ccccc3s2)c1. The Morgan fingerprint density at radius 2 is 2.00 bits per heavy atom. The first kappa shape index (κ1) is 15.5. The van der Waals surface area contributed by atoms with Crippen LogP contribution in [0.5, 0.6) is 0 Å². The number of aromatic nitrogens is 1. The van der Waals surface area contributed by atoms with E-state index in [9.17, 15) is 0 Å². The summed E-state index contributed by atoms with van der Waals surface area (Å²) >= 11 is 1.63. The highest BCUT2D eigenvalue weighted by Gasteiger charge is 2.12. The monoisotopic (exact) mass is 315 g/mol. The van der Waals surface area contributed by atoms with Crippen LogP contribution in [0.25, 0.3) is 10.2 Å². The maximum Gasteiger partial charge on any atom is 0.111 e. The molecule has 0 radical (unpaired) electrons. The Morgan fingerprint density at radius 3 is 2.76 bits per heavy atom. The lowest BCUT2D eigenvalue weighted by molar-refractivity contribution is 0.717. The van der Waals surface area contributed by atoms with Gasteiger partial charge in [0.25, 0.3) is 0 Å². The highest BCUT2D eigenvalue weighted by atomic mass is 35.5. The summed E-state index contributed by atoms with van der Waals surface area (Å²) < 4.78 is 1.16. The molecule has 1 heterocycles. The number of fused-ring (bicyclic) bond motifs is 1. The van der Waals surface area contributed by atoms with Crippen LogP contribution in [-0.2, 0) is 6.42 Å². The van der Waals surface area contributed by atoms with E-state index in [-0.39, 0.29) is 18.4 Å². The van der Waals surface area contributed by atoms with Crippen molar-refractivity contribution in [3.63, 3.8) is 0 Å². The van der Waals surface area contributed by atoms with Crippen molar-refractivity contribution in [2.75, 3.05) is 0 Å². The first-order valence-electron chi connectivity index (χ1n) is 6.36. The van der Waals surface area contributed by atoms with Crippen LogP contribution in [0.15, 0.2) is 48.5 Å². The van der Waals surface area contributed by atoms with E-state index in [0.29, 0.717) is 12.0 Å². The quantitative estimate of drug-likeness (QED) is 0.799. The number of halogens is 1. The minimum Gasteiger partial charge on any atom is -0.322 e. The fourth-order valence-corrected chi connectivity index (χ4v) is 3.13. The minimum absolute atomic E-state index is 0. The molecule has 5 heteroatoms. The molecule has 1 aromatic heterocycles. The molecule has 0 spiro atoms. The van der Waals surface area contributed by atoms with Crippen molar-refractivity contribution in [2.24, 2.45) is 5.73 Å². The maximum absolute atomic E-state index is 8.92. The number of nitriles is 1. The molecule has 0 fully saturated rings. The zero-order chi connectivity index (χ0) is 13.9. The number of benzene rings is 2. The molecule has 1 atom stereocenters. The lowest BCUT2D eigenvalue weighted by Crippen LogP contribution is -2.13. The molecule has 0 aliphatic rings. The van der Waals surface area contributed by atoms with Crippen LogP contribution in [0.4, 0.5) is 0 Å². The fraction of sp³-hybridized carbons (Fsp3) is 0.125. The number of hydrogen-bond acceptors (Lipinski definition) is 4. The Labute approximate surface area is 133 Å². The van der Waals surface area contributed by atoms with E-state index < -0.39 is 0 Å². The molecule has 2 N–H and O–H groups in total. The standard InChI is InChI=1S/C16H13N3S.ClH/c17-10-12-5-3-4-11(8-12)9-13(18)16-19-14-6-1-2-7-15(14)20-16;/h1-8,13H,9,18H2;1H. The molecule has 3 rings (SSSR count). The molecule has 0 bridgehead atoms. The highest BCUT2D eigenvalue weighted by molar-refractivity contribution is 7.18. The lowest BCUT2D eigenvalue weighted by atomic mass is 10.0. The van der Waals surface area contributed by atoms with E-state index in [2.05, 4.69) is 17.1 Å². The topological polar surface area (TPSA) is 62.7 Å². The van der Waals surface area contributed by atoms with Gasteiger partial charge >= 0.3 is 0 Å². The van der Waals surface area contributed by atoms with Gasteiger partial charge in [-0.3, -0.25) is 0 Å². The molecule has 0 amide bonds. The van der Waals surface area contributed by atoms with Crippen molar-refractivity contribution in [3.05, 3.63) is 64.7 Å². The maximum atomic E-state index is 8.92. The van der Waals surface area contributed by atoms with Crippen LogP contribution in [0, 0.1) is 11.3 Å². The molecule has 0 saturated heterocycles. The van der Waals surface area contributed by atoms with E-state index in [1.807, 2.05) is 36.4 Å². The number of hydrogen-bond donors (Lipinski definition) is 1. The van der Waals surface area contributed by atoms with Crippen molar-refractivity contribution in [1.82, 2.24) is 4.98 Å². The van der Waals surface area contributed by atoms with Gasteiger partial charge in [-0.05, 0) is 36.2 Å². The zero-order valence-corrected chi connectivity index (χ0v) is 12.8. The predicted octanol–water partition coefficient (Wildman–Crippen LogP) is 3.83. The second kappa shape index (κ2) is 6.68. The Kier molecular flexibility index (Phi) is 4.92. The van der Waals surface area contributed by atoms with Crippen LogP contribution in [0.3, 0.4) is 0 Å². The summed E-state index contributed by atoms with van der Waals surface area (Å²) in [5.41, 5.74) is 8.97. The molecule has 1 unspecified atom stereocenters. The van der Waals surface area contributed by atoms with Gasteiger partial charge in [-0.15, -0.1) is 23.7 Å². The van der Waals surface area contributed by atoms with E-state index in [0.717, 1.165) is 20.8 Å². The van der Waals surface area contributed by atoms with Gasteiger partial charge in [-0.2, -0.15) is 5.26 Å². The van der Waals surface area contributed by atoms with Crippen LogP contribution in [0.2, 0.25) is 0 Å². The molecule has 0 saturated carbocycles. The molecular formula is C16H14ClN3S. The first-order chi connectivity index (χ1) is 9.76. The average Bonchev–Trinajstić information content (AvgIpc) is 2.91. The van der Waals surface area contributed by atoms with Gasteiger partial charge < -0.3 is 5.73 Å². The normalized spacial score (nSPS) is 11.6. The van der Waals surface area contributed by atoms with E-state index in [4.69, 9.17) is 11.0 Å². The molecule has 2 aromatic carbocycles. The van der Waals surface area contributed by atoms with Crippen molar-refractivity contribution < 1.29 is 0 Å². The molecule has 0 aliphatic carbocycles. The van der Waals surface area contributed by atoms with Crippen LogP contribution in [0.1, 0.15) is 22.2 Å². The summed E-state index contributed by atoms with van der Waals surface area (Å²) in [4.78, 5) is 4.58. The Hall–Kier alpha value is -1.93. The number of rotatable bonds is 3. The fourth-order valence-electron chi connectivity index (χ4n) is 2.16. The van der Waals surface area contributed by atoms with Gasteiger partial charge in [-0.1, -0.05) is 24.3 Å². The molecule has 3 nitrogen and oxygen atoms in total. The molecule has 21 heavy (non-hydrogen) atoms. The van der Waals surface area contributed by atoms with E-state index in [1.54, 1.807) is 17.4 Å². The third kappa shape index (κ3) is 3.40. The van der Waals surface area contributed by atoms with Crippen LogP contribution < -0.4 is 5.73 Å². The smallest absolute Gasteiger partial charge is 0.111 e. The molecule has 3 aromatic rings. The summed E-state index contributed by atoms with van der Waals surface area (Å²) in [7, 11) is 0. The first-order valence-corrected chi connectivity index (χ1v) is 7.18. The minimum atomic E-state index is -0.138. The van der Waals surface area contributed by atoms with Gasteiger partial charge in [0.2, 0.25) is 0 Å². The third-order valence-corrected chi connectivity index (χ3v) is 4.31. The second-order valence-electron chi connectivity index (χ2n) is 4.64. The molecule has 0 aliphatic heterocycles. The summed E-state index contributed by atoms with van der Waals surface area (Å²) in [5.74, 6) is 0. The molecule has 106 valence electrons. The van der Waals surface area contributed by atoms with Crippen molar-refractivity contribution in [2.45, 2.75) is 12.5 Å². The number of nitrogens with two attached hydrogens (primary N) is 1. The Balaban J connectivity index is 0.00000161. The highest BCUT2D eigenvalue weighted by Crippen LogP contribution is 2.27. The zero-order valence-electron chi connectivity index (χ0n) is 11.2. The summed E-state index contributed by atoms with van der Waals surface area (Å²) in [6.45, 7) is 0. The van der Waals surface area contributed by atoms with Crippen molar-refractivity contribution in [3.8, 4) is 6.07 Å². The second-order valence-corrected chi connectivity index (χ2v) is 5.70. The van der Waals surface area contributed by atoms with Crippen molar-refractivity contribution in [1.29, 1.82) is 5.26 Å². The van der Waals surface area contributed by atoms with Crippen LogP contribution >= 0.6 is 23.7 Å². The van der Waals surface area contributed by atoms with Gasteiger partial charge in [0.1, 0.15) is 5.01 Å². The largest absolute Gasteiger partial charge is 0.322 e. The number of para-hydroxylation sites is 1. The van der Waals surface area contributed by atoms with E-state index >= 15 is 0 Å². The van der Waals surface area contributed by atoms with Gasteiger partial charge in [0, 0.05) is 0 Å². The number of thiazole rings is 1. The van der Waals surface area contributed by atoms with Crippen molar-refractivity contribution >= 4 is 34.0 Å².